The molecule has 0 aliphatic carbocycles. The number of hydrogen-bond acceptors (Lipinski definition) is 7. The van der Waals surface area contributed by atoms with E-state index in [2.05, 4.69) is 4.99 Å². The second-order valence-corrected chi connectivity index (χ2v) is 10.4. The lowest BCUT2D eigenvalue weighted by Crippen LogP contribution is -2.39. The number of esters is 1. The van der Waals surface area contributed by atoms with Crippen LogP contribution in [-0.2, 0) is 16.1 Å². The molecule has 0 spiro atoms. The van der Waals surface area contributed by atoms with E-state index in [1.807, 2.05) is 60.7 Å². The number of hydrogen-bond donors (Lipinski definition) is 0. The predicted molar refractivity (Wildman–Crippen MR) is 156 cm³/mol. The average Bonchev–Trinajstić information content (AvgIpc) is 3.26. The van der Waals surface area contributed by atoms with Crippen LogP contribution in [0.4, 0.5) is 0 Å². The van der Waals surface area contributed by atoms with Crippen molar-refractivity contribution in [2.24, 2.45) is 4.99 Å². The lowest BCUT2D eigenvalue weighted by atomic mass is 9.96. The number of carbonyl (C=O) groups excluding carboxylic acids is 1. The van der Waals surface area contributed by atoms with Gasteiger partial charge in [-0.3, -0.25) is 9.36 Å². The molecule has 3 aromatic carbocycles. The van der Waals surface area contributed by atoms with E-state index in [1.54, 1.807) is 36.6 Å². The molecule has 0 amide bonds. The summed E-state index contributed by atoms with van der Waals surface area (Å²) < 4.78 is 18.9. The van der Waals surface area contributed by atoms with Crippen molar-refractivity contribution in [3.63, 3.8) is 0 Å². The Balaban J connectivity index is 1.58. The van der Waals surface area contributed by atoms with Crippen molar-refractivity contribution >= 4 is 35.0 Å². The Labute approximate surface area is 240 Å². The zero-order valence-electron chi connectivity index (χ0n) is 22.2. The van der Waals surface area contributed by atoms with Gasteiger partial charge >= 0.3 is 5.97 Å². The molecule has 204 valence electrons. The van der Waals surface area contributed by atoms with Crippen LogP contribution >= 0.6 is 22.9 Å². The average molecular weight is 575 g/mol. The Kier molecular flexibility index (Phi) is 8.19. The summed E-state index contributed by atoms with van der Waals surface area (Å²) in [6, 6.07) is 22.0. The van der Waals surface area contributed by atoms with Crippen molar-refractivity contribution in [1.82, 2.24) is 4.57 Å². The zero-order chi connectivity index (χ0) is 28.2. The number of halogens is 1. The Morgan fingerprint density at radius 2 is 1.80 bits per heavy atom. The second kappa shape index (κ2) is 11.9. The summed E-state index contributed by atoms with van der Waals surface area (Å²) in [6.45, 7) is 4.06. The van der Waals surface area contributed by atoms with Gasteiger partial charge in [-0.25, -0.2) is 9.79 Å². The van der Waals surface area contributed by atoms with Gasteiger partial charge in [0.05, 0.1) is 40.6 Å². The monoisotopic (exact) mass is 574 g/mol. The fourth-order valence-electron chi connectivity index (χ4n) is 4.59. The van der Waals surface area contributed by atoms with Crippen molar-refractivity contribution in [2.75, 3.05) is 13.7 Å². The summed E-state index contributed by atoms with van der Waals surface area (Å²) in [5, 5.41) is 0.358. The molecule has 5 rings (SSSR count). The molecule has 7 nitrogen and oxygen atoms in total. The summed E-state index contributed by atoms with van der Waals surface area (Å²) in [4.78, 5) is 31.9. The van der Waals surface area contributed by atoms with Gasteiger partial charge in [-0.05, 0) is 48.7 Å². The van der Waals surface area contributed by atoms with Crippen molar-refractivity contribution in [3.8, 4) is 11.5 Å². The van der Waals surface area contributed by atoms with E-state index in [9.17, 15) is 9.59 Å². The molecule has 0 saturated heterocycles. The molecule has 1 aliphatic rings. The summed E-state index contributed by atoms with van der Waals surface area (Å²) in [7, 11) is 1.54. The number of benzene rings is 3. The summed E-state index contributed by atoms with van der Waals surface area (Å²) >= 11 is 7.86. The maximum atomic E-state index is 13.8. The van der Waals surface area contributed by atoms with Gasteiger partial charge in [0.1, 0.15) is 6.61 Å². The van der Waals surface area contributed by atoms with Crippen LogP contribution in [0.25, 0.3) is 6.08 Å². The number of allylic oxidation sites excluding steroid dienone is 1. The van der Waals surface area contributed by atoms with Crippen LogP contribution < -0.4 is 24.4 Å². The largest absolute Gasteiger partial charge is 0.493 e. The van der Waals surface area contributed by atoms with Gasteiger partial charge in [0, 0.05) is 0 Å². The lowest BCUT2D eigenvalue weighted by Gasteiger charge is -2.24. The van der Waals surface area contributed by atoms with E-state index >= 15 is 0 Å². The molecule has 9 heteroatoms. The highest BCUT2D eigenvalue weighted by atomic mass is 35.5. The molecular weight excluding hydrogens is 548 g/mol. The summed E-state index contributed by atoms with van der Waals surface area (Å²) in [6.07, 6.45) is 1.74. The first-order chi connectivity index (χ1) is 19.4. The SMILES string of the molecule is CCOC(=O)C1=C(C)N=c2s/c(=C\c3cc(Cl)c(OCc4ccccc4)c(OC)c3)c(=O)n2C1c1ccccc1. The van der Waals surface area contributed by atoms with E-state index in [0.717, 1.165) is 11.1 Å². The third-order valence-corrected chi connectivity index (χ3v) is 7.67. The molecule has 1 aliphatic heterocycles. The minimum atomic E-state index is -0.662. The summed E-state index contributed by atoms with van der Waals surface area (Å²) in [5.41, 5.74) is 3.04. The van der Waals surface area contributed by atoms with Gasteiger partial charge in [-0.2, -0.15) is 0 Å². The fourth-order valence-corrected chi connectivity index (χ4v) is 5.91. The van der Waals surface area contributed by atoms with Gasteiger partial charge in [0.2, 0.25) is 0 Å². The van der Waals surface area contributed by atoms with Gasteiger partial charge in [-0.1, -0.05) is 83.6 Å². The molecule has 1 unspecified atom stereocenters. The van der Waals surface area contributed by atoms with Gasteiger partial charge in [0.15, 0.2) is 16.3 Å². The molecular formula is C31H27ClN2O5S. The van der Waals surface area contributed by atoms with Crippen LogP contribution in [0.1, 0.15) is 36.6 Å². The third kappa shape index (κ3) is 5.46. The number of ether oxygens (including phenoxy) is 3. The topological polar surface area (TPSA) is 79.1 Å². The van der Waals surface area contributed by atoms with Gasteiger partial charge < -0.3 is 14.2 Å². The highest BCUT2D eigenvalue weighted by Crippen LogP contribution is 2.37. The minimum Gasteiger partial charge on any atom is -0.493 e. The van der Waals surface area contributed by atoms with Crippen LogP contribution in [0, 0.1) is 0 Å². The second-order valence-electron chi connectivity index (χ2n) is 9.02. The molecule has 2 heterocycles. The molecule has 4 aromatic rings. The van der Waals surface area contributed by atoms with E-state index in [-0.39, 0.29) is 12.2 Å². The molecule has 0 saturated carbocycles. The van der Waals surface area contributed by atoms with E-state index in [1.165, 1.54) is 18.4 Å². The maximum absolute atomic E-state index is 13.8. The Bertz CT molecular complexity index is 1760. The van der Waals surface area contributed by atoms with E-state index in [0.29, 0.717) is 49.3 Å². The molecule has 0 bridgehead atoms. The van der Waals surface area contributed by atoms with Crippen molar-refractivity contribution in [2.45, 2.75) is 26.5 Å². The Hall–Kier alpha value is -4.14. The van der Waals surface area contributed by atoms with Crippen molar-refractivity contribution < 1.29 is 19.0 Å². The Morgan fingerprint density at radius 1 is 1.10 bits per heavy atom. The molecule has 0 fully saturated rings. The molecule has 1 atom stereocenters. The van der Waals surface area contributed by atoms with Crippen LogP contribution in [0.2, 0.25) is 5.02 Å². The maximum Gasteiger partial charge on any atom is 0.338 e. The van der Waals surface area contributed by atoms with E-state index < -0.39 is 12.0 Å². The predicted octanol–water partition coefficient (Wildman–Crippen LogP) is 5.04. The quantitative estimate of drug-likeness (QED) is 0.276. The number of methoxy groups -OCH3 is 1. The summed E-state index contributed by atoms with van der Waals surface area (Å²) in [5.74, 6) is 0.380. The Morgan fingerprint density at radius 3 is 2.48 bits per heavy atom. The first kappa shape index (κ1) is 27.4. The number of thiazole rings is 1. The lowest BCUT2D eigenvalue weighted by molar-refractivity contribution is -0.139. The first-order valence-electron chi connectivity index (χ1n) is 12.7. The first-order valence-corrected chi connectivity index (χ1v) is 13.9. The van der Waals surface area contributed by atoms with Gasteiger partial charge in [0.25, 0.3) is 5.56 Å². The highest BCUT2D eigenvalue weighted by molar-refractivity contribution is 7.07. The molecule has 0 N–H and O–H groups in total. The normalized spacial score (nSPS) is 14.9. The molecule has 1 aromatic heterocycles. The minimum absolute atomic E-state index is 0.217. The number of carbonyl (C=O) groups is 1. The number of aromatic nitrogens is 1. The number of nitrogens with zero attached hydrogens (tertiary/aromatic N) is 2. The molecule has 0 radical (unpaired) electrons. The highest BCUT2D eigenvalue weighted by Gasteiger charge is 2.33. The van der Waals surface area contributed by atoms with Crippen LogP contribution in [0.5, 0.6) is 11.5 Å². The molecule has 40 heavy (non-hydrogen) atoms. The fraction of sp³-hybridized carbons (Fsp3) is 0.194. The van der Waals surface area contributed by atoms with Gasteiger partial charge in [-0.15, -0.1) is 0 Å². The third-order valence-electron chi connectivity index (χ3n) is 6.41. The van der Waals surface area contributed by atoms with Crippen molar-refractivity contribution in [3.05, 3.63) is 125 Å². The number of rotatable bonds is 8. The van der Waals surface area contributed by atoms with Crippen LogP contribution in [0.3, 0.4) is 0 Å². The van der Waals surface area contributed by atoms with Crippen molar-refractivity contribution in [1.29, 1.82) is 0 Å². The van der Waals surface area contributed by atoms with Crippen LogP contribution in [-0.4, -0.2) is 24.3 Å². The van der Waals surface area contributed by atoms with Crippen LogP contribution in [0.15, 0.2) is 93.9 Å². The number of fused-ring (bicyclic) bond motifs is 1. The van der Waals surface area contributed by atoms with E-state index in [4.69, 9.17) is 25.8 Å². The zero-order valence-corrected chi connectivity index (χ0v) is 23.8. The standard InChI is InChI=1S/C31H27ClN2O5S/c1-4-38-30(36)26-19(2)33-31-34(27(26)22-13-9-6-10-14-22)29(35)25(40-31)17-21-15-23(32)28(24(16-21)37-3)39-18-20-11-7-5-8-12-20/h5-17,27H,4,18H2,1-3H3/b25-17-. The smallest absolute Gasteiger partial charge is 0.338 e.